The second-order valence-corrected chi connectivity index (χ2v) is 8.53. The molecule has 2 aliphatic rings. The van der Waals surface area contributed by atoms with E-state index in [0.717, 1.165) is 28.7 Å². The Balaban J connectivity index is 1.34. The van der Waals surface area contributed by atoms with Crippen LogP contribution in [0.4, 0.5) is 5.69 Å². The topological polar surface area (TPSA) is 86.1 Å². The summed E-state index contributed by atoms with van der Waals surface area (Å²) in [7, 11) is 0. The third-order valence-corrected chi connectivity index (χ3v) is 6.39. The van der Waals surface area contributed by atoms with Crippen molar-refractivity contribution in [2.24, 2.45) is 0 Å². The molecule has 5 rings (SSSR count). The molecule has 1 amide bonds. The van der Waals surface area contributed by atoms with Gasteiger partial charge in [-0.3, -0.25) is 14.2 Å². The van der Waals surface area contributed by atoms with E-state index in [1.54, 1.807) is 29.5 Å². The number of hydrogen-bond donors (Lipinski definition) is 1. The van der Waals surface area contributed by atoms with Crippen LogP contribution in [0.3, 0.4) is 0 Å². The van der Waals surface area contributed by atoms with E-state index in [4.69, 9.17) is 4.74 Å². The fourth-order valence-electron chi connectivity index (χ4n) is 3.08. The summed E-state index contributed by atoms with van der Waals surface area (Å²) in [6.07, 6.45) is 2.23. The zero-order chi connectivity index (χ0) is 19.1. The number of benzene rings is 1. The van der Waals surface area contributed by atoms with Gasteiger partial charge in [-0.25, -0.2) is 0 Å². The molecule has 0 spiro atoms. The van der Waals surface area contributed by atoms with E-state index in [9.17, 15) is 9.59 Å². The van der Waals surface area contributed by atoms with Gasteiger partial charge in [-0.05, 0) is 42.5 Å². The maximum absolute atomic E-state index is 12.7. The number of nitrogens with one attached hydrogen (secondary N) is 1. The third kappa shape index (κ3) is 3.31. The van der Waals surface area contributed by atoms with Crippen molar-refractivity contribution >= 4 is 40.5 Å². The molecule has 142 valence electrons. The summed E-state index contributed by atoms with van der Waals surface area (Å²) in [6, 6.07) is 9.56. The molecular weight excluding hydrogens is 396 g/mol. The third-order valence-electron chi connectivity index (χ3n) is 4.58. The average molecular weight is 412 g/mol. The molecule has 0 radical (unpaired) electrons. The van der Waals surface area contributed by atoms with E-state index in [-0.39, 0.29) is 24.1 Å². The van der Waals surface area contributed by atoms with Crippen LogP contribution in [0.5, 0.6) is 5.75 Å². The van der Waals surface area contributed by atoms with Crippen LogP contribution in [0.25, 0.3) is 10.7 Å². The predicted octanol–water partition coefficient (Wildman–Crippen LogP) is 3.65. The van der Waals surface area contributed by atoms with Gasteiger partial charge >= 0.3 is 0 Å². The van der Waals surface area contributed by atoms with Crippen molar-refractivity contribution in [3.63, 3.8) is 0 Å². The number of amides is 1. The molecule has 1 aromatic carbocycles. The number of carbonyl (C=O) groups is 2. The SMILES string of the molecule is O=C1COc2ccc(C(=O)CSc3nnc(-c4cccs4)n3C3CC3)cc2N1. The fraction of sp³-hybridized carbons (Fsp3) is 0.263. The highest BCUT2D eigenvalue weighted by molar-refractivity contribution is 7.99. The number of fused-ring (bicyclic) bond motifs is 1. The number of hydrogen-bond acceptors (Lipinski definition) is 7. The maximum atomic E-state index is 12.7. The van der Waals surface area contributed by atoms with Gasteiger partial charge in [0.2, 0.25) is 0 Å². The van der Waals surface area contributed by atoms with Crippen LogP contribution in [0, 0.1) is 0 Å². The summed E-state index contributed by atoms with van der Waals surface area (Å²) in [5, 5.41) is 14.2. The molecule has 1 N–H and O–H groups in total. The average Bonchev–Trinajstić information content (AvgIpc) is 3.23. The zero-order valence-electron chi connectivity index (χ0n) is 14.8. The number of carbonyl (C=O) groups excluding carboxylic acids is 2. The van der Waals surface area contributed by atoms with Gasteiger partial charge in [-0.2, -0.15) is 0 Å². The molecule has 9 heteroatoms. The summed E-state index contributed by atoms with van der Waals surface area (Å²) in [5.41, 5.74) is 1.07. The lowest BCUT2D eigenvalue weighted by atomic mass is 10.1. The summed E-state index contributed by atoms with van der Waals surface area (Å²) < 4.78 is 7.50. The van der Waals surface area contributed by atoms with Crippen LogP contribution >= 0.6 is 23.1 Å². The first-order chi connectivity index (χ1) is 13.7. The number of thiophene rings is 1. The molecule has 0 unspecified atom stereocenters. The van der Waals surface area contributed by atoms with Crippen molar-refractivity contribution in [2.75, 3.05) is 17.7 Å². The minimum Gasteiger partial charge on any atom is -0.482 e. The number of thioether (sulfide) groups is 1. The Kier molecular flexibility index (Phi) is 4.40. The molecule has 1 aliphatic carbocycles. The molecule has 0 saturated heterocycles. The minimum atomic E-state index is -0.217. The van der Waals surface area contributed by atoms with E-state index in [2.05, 4.69) is 20.1 Å². The summed E-state index contributed by atoms with van der Waals surface area (Å²) in [4.78, 5) is 25.3. The van der Waals surface area contributed by atoms with E-state index < -0.39 is 0 Å². The number of ketones is 1. The lowest BCUT2D eigenvalue weighted by Gasteiger charge is -2.18. The zero-order valence-corrected chi connectivity index (χ0v) is 16.4. The van der Waals surface area contributed by atoms with Crippen LogP contribution in [0.1, 0.15) is 29.2 Å². The van der Waals surface area contributed by atoms with Gasteiger partial charge in [0.15, 0.2) is 23.4 Å². The first-order valence-corrected chi connectivity index (χ1v) is 10.8. The number of anilines is 1. The molecule has 7 nitrogen and oxygen atoms in total. The Hall–Kier alpha value is -2.65. The van der Waals surface area contributed by atoms with E-state index in [1.807, 2.05) is 17.5 Å². The normalized spacial score (nSPS) is 15.6. The first-order valence-electron chi connectivity index (χ1n) is 8.90. The monoisotopic (exact) mass is 412 g/mol. The van der Waals surface area contributed by atoms with Gasteiger partial charge in [-0.1, -0.05) is 17.8 Å². The Labute approximate surface area is 169 Å². The molecular formula is C19H16N4O3S2. The van der Waals surface area contributed by atoms with Crippen LogP contribution in [0.2, 0.25) is 0 Å². The van der Waals surface area contributed by atoms with E-state index in [0.29, 0.717) is 23.0 Å². The van der Waals surface area contributed by atoms with E-state index >= 15 is 0 Å². The highest BCUT2D eigenvalue weighted by atomic mass is 32.2. The molecule has 0 atom stereocenters. The maximum Gasteiger partial charge on any atom is 0.262 e. The summed E-state index contributed by atoms with van der Waals surface area (Å²) >= 11 is 3.04. The Morgan fingerprint density at radius 3 is 3.00 bits per heavy atom. The van der Waals surface area contributed by atoms with Crippen molar-refractivity contribution in [1.29, 1.82) is 0 Å². The highest BCUT2D eigenvalue weighted by Gasteiger charge is 2.30. The number of aromatic nitrogens is 3. The standard InChI is InChI=1S/C19H16N4O3S2/c24-14(11-3-6-15-13(8-11)20-17(25)9-26-15)10-28-19-22-21-18(16-2-1-7-27-16)23(19)12-4-5-12/h1-3,6-8,12H,4-5,9-10H2,(H,20,25). The van der Waals surface area contributed by atoms with Crippen molar-refractivity contribution in [3.05, 3.63) is 41.3 Å². The summed E-state index contributed by atoms with van der Waals surface area (Å²) in [6.45, 7) is -0.000452. The lowest BCUT2D eigenvalue weighted by Crippen LogP contribution is -2.25. The molecule has 2 aromatic heterocycles. The number of Topliss-reactive ketones (excluding diaryl/α,β-unsaturated/α-hetero) is 1. The van der Waals surface area contributed by atoms with Gasteiger partial charge < -0.3 is 10.1 Å². The van der Waals surface area contributed by atoms with Crippen LogP contribution in [-0.4, -0.2) is 38.8 Å². The van der Waals surface area contributed by atoms with Crippen LogP contribution in [0.15, 0.2) is 40.9 Å². The number of rotatable bonds is 6. The second kappa shape index (κ2) is 7.06. The van der Waals surface area contributed by atoms with Crippen molar-refractivity contribution in [1.82, 2.24) is 14.8 Å². The molecule has 1 aliphatic heterocycles. The molecule has 28 heavy (non-hydrogen) atoms. The van der Waals surface area contributed by atoms with Gasteiger partial charge in [0.25, 0.3) is 5.91 Å². The first kappa shape index (κ1) is 17.4. The van der Waals surface area contributed by atoms with Gasteiger partial charge in [-0.15, -0.1) is 21.5 Å². The largest absolute Gasteiger partial charge is 0.482 e. The van der Waals surface area contributed by atoms with Gasteiger partial charge in [0, 0.05) is 11.6 Å². The number of ether oxygens (including phenoxy) is 1. The Morgan fingerprint density at radius 1 is 1.32 bits per heavy atom. The minimum absolute atomic E-state index is 0.000452. The summed E-state index contributed by atoms with van der Waals surface area (Å²) in [5.74, 6) is 1.46. The van der Waals surface area contributed by atoms with Gasteiger partial charge in [0.1, 0.15) is 5.75 Å². The van der Waals surface area contributed by atoms with Crippen LogP contribution < -0.4 is 10.1 Å². The highest BCUT2D eigenvalue weighted by Crippen LogP contribution is 2.41. The van der Waals surface area contributed by atoms with Crippen molar-refractivity contribution < 1.29 is 14.3 Å². The molecule has 3 aromatic rings. The molecule has 0 bridgehead atoms. The van der Waals surface area contributed by atoms with Crippen LogP contribution in [-0.2, 0) is 4.79 Å². The Bertz CT molecular complexity index is 1060. The molecule has 3 heterocycles. The quantitative estimate of drug-likeness (QED) is 0.491. The lowest BCUT2D eigenvalue weighted by molar-refractivity contribution is -0.118. The van der Waals surface area contributed by atoms with E-state index in [1.165, 1.54) is 11.8 Å². The van der Waals surface area contributed by atoms with Gasteiger partial charge in [0.05, 0.1) is 16.3 Å². The Morgan fingerprint density at radius 2 is 2.21 bits per heavy atom. The van der Waals surface area contributed by atoms with Crippen molar-refractivity contribution in [3.8, 4) is 16.5 Å². The second-order valence-electron chi connectivity index (χ2n) is 6.64. The predicted molar refractivity (Wildman–Crippen MR) is 107 cm³/mol. The smallest absolute Gasteiger partial charge is 0.262 e. The number of nitrogens with zero attached hydrogens (tertiary/aromatic N) is 3. The van der Waals surface area contributed by atoms with Crippen molar-refractivity contribution in [2.45, 2.75) is 24.0 Å². The molecule has 1 saturated carbocycles. The molecule has 1 fully saturated rings. The fourth-order valence-corrected chi connectivity index (χ4v) is 4.69.